The average Bonchev–Trinajstić information content (AvgIpc) is 2.92. The summed E-state index contributed by atoms with van der Waals surface area (Å²) in [5.41, 5.74) is 2.57. The Morgan fingerprint density at radius 1 is 1.05 bits per heavy atom. The van der Waals surface area contributed by atoms with E-state index in [1.807, 2.05) is 0 Å². The lowest BCUT2D eigenvalue weighted by atomic mass is 10.1. The Morgan fingerprint density at radius 2 is 1.75 bits per heavy atom. The molecule has 1 unspecified atom stereocenters. The van der Waals surface area contributed by atoms with E-state index in [1.54, 1.807) is 0 Å². The standard InChI is InChI=1S/C18H27NO/c1-3-4-5-6-7-8-9-18-19-17(14-20-18)16-12-10-15(2)11-13-16/h10-13,17H,3-9,14H2,1-2H3. The Morgan fingerprint density at radius 3 is 2.50 bits per heavy atom. The summed E-state index contributed by atoms with van der Waals surface area (Å²) < 4.78 is 5.73. The van der Waals surface area contributed by atoms with Crippen LogP contribution in [0.25, 0.3) is 0 Å². The molecule has 1 aromatic rings. The summed E-state index contributed by atoms with van der Waals surface area (Å²) in [6, 6.07) is 8.85. The lowest BCUT2D eigenvalue weighted by Crippen LogP contribution is -1.99. The van der Waals surface area contributed by atoms with Crippen molar-refractivity contribution >= 4 is 5.90 Å². The molecule has 0 bridgehead atoms. The van der Waals surface area contributed by atoms with Gasteiger partial charge in [0, 0.05) is 6.42 Å². The Kier molecular flexibility index (Phi) is 6.10. The molecule has 0 fully saturated rings. The van der Waals surface area contributed by atoms with E-state index in [1.165, 1.54) is 49.7 Å². The summed E-state index contributed by atoms with van der Waals surface area (Å²) in [6.45, 7) is 5.09. The van der Waals surface area contributed by atoms with Gasteiger partial charge in [-0.3, -0.25) is 0 Å². The lowest BCUT2D eigenvalue weighted by molar-refractivity contribution is 0.310. The fourth-order valence-electron chi connectivity index (χ4n) is 2.58. The molecule has 1 aliphatic heterocycles. The SMILES string of the molecule is CCCCCCCCC1=NC(c2ccc(C)cc2)CO1. The van der Waals surface area contributed by atoms with Crippen molar-refractivity contribution in [1.29, 1.82) is 0 Å². The van der Waals surface area contributed by atoms with Crippen molar-refractivity contribution in [3.8, 4) is 0 Å². The van der Waals surface area contributed by atoms with Gasteiger partial charge < -0.3 is 4.74 Å². The summed E-state index contributed by atoms with van der Waals surface area (Å²) in [5, 5.41) is 0. The van der Waals surface area contributed by atoms with Crippen molar-refractivity contribution in [1.82, 2.24) is 0 Å². The van der Waals surface area contributed by atoms with Crippen molar-refractivity contribution < 1.29 is 4.74 Å². The van der Waals surface area contributed by atoms with E-state index in [0.717, 1.165) is 12.3 Å². The molecule has 0 radical (unpaired) electrons. The second-order valence-corrected chi connectivity index (χ2v) is 5.78. The zero-order valence-electron chi connectivity index (χ0n) is 12.9. The van der Waals surface area contributed by atoms with E-state index in [-0.39, 0.29) is 6.04 Å². The van der Waals surface area contributed by atoms with Crippen LogP contribution in [0.2, 0.25) is 0 Å². The first-order valence-electron chi connectivity index (χ1n) is 8.05. The van der Waals surface area contributed by atoms with E-state index >= 15 is 0 Å². The number of benzene rings is 1. The van der Waals surface area contributed by atoms with Crippen molar-refractivity contribution in [2.75, 3.05) is 6.61 Å². The molecule has 1 aromatic carbocycles. The maximum atomic E-state index is 5.73. The number of unbranched alkanes of at least 4 members (excludes halogenated alkanes) is 5. The summed E-state index contributed by atoms with van der Waals surface area (Å²) in [5.74, 6) is 0.964. The molecule has 1 aliphatic rings. The van der Waals surface area contributed by atoms with Crippen LogP contribution in [-0.4, -0.2) is 12.5 Å². The monoisotopic (exact) mass is 273 g/mol. The van der Waals surface area contributed by atoms with Crippen molar-refractivity contribution in [3.63, 3.8) is 0 Å². The van der Waals surface area contributed by atoms with Crippen LogP contribution in [0.15, 0.2) is 29.3 Å². The molecule has 1 atom stereocenters. The molecular weight excluding hydrogens is 246 g/mol. The van der Waals surface area contributed by atoms with Crippen LogP contribution in [-0.2, 0) is 4.74 Å². The third-order valence-corrected chi connectivity index (χ3v) is 3.91. The molecule has 2 rings (SSSR count). The molecule has 1 heterocycles. The van der Waals surface area contributed by atoms with Crippen LogP contribution in [0.3, 0.4) is 0 Å². The number of aryl methyl sites for hydroxylation is 1. The van der Waals surface area contributed by atoms with E-state index in [9.17, 15) is 0 Å². The number of nitrogens with zero attached hydrogens (tertiary/aromatic N) is 1. The highest BCUT2D eigenvalue weighted by atomic mass is 16.5. The van der Waals surface area contributed by atoms with Gasteiger partial charge in [0.2, 0.25) is 0 Å². The van der Waals surface area contributed by atoms with Crippen LogP contribution >= 0.6 is 0 Å². The zero-order valence-corrected chi connectivity index (χ0v) is 12.9. The van der Waals surface area contributed by atoms with E-state index < -0.39 is 0 Å². The van der Waals surface area contributed by atoms with Gasteiger partial charge in [-0.25, -0.2) is 4.99 Å². The Labute approximate surface area is 123 Å². The highest BCUT2D eigenvalue weighted by molar-refractivity contribution is 5.77. The second kappa shape index (κ2) is 8.08. The van der Waals surface area contributed by atoms with Crippen LogP contribution in [0.1, 0.15) is 69.0 Å². The Balaban J connectivity index is 1.72. The minimum Gasteiger partial charge on any atom is -0.478 e. The topological polar surface area (TPSA) is 21.6 Å². The molecule has 0 saturated heterocycles. The maximum Gasteiger partial charge on any atom is 0.184 e. The van der Waals surface area contributed by atoms with Gasteiger partial charge in [0.05, 0.1) is 0 Å². The van der Waals surface area contributed by atoms with Gasteiger partial charge in [-0.15, -0.1) is 0 Å². The largest absolute Gasteiger partial charge is 0.478 e. The number of ether oxygens (including phenoxy) is 1. The van der Waals surface area contributed by atoms with Crippen LogP contribution in [0.4, 0.5) is 0 Å². The van der Waals surface area contributed by atoms with Gasteiger partial charge in [-0.2, -0.15) is 0 Å². The van der Waals surface area contributed by atoms with Crippen molar-refractivity contribution in [3.05, 3.63) is 35.4 Å². The molecule has 0 N–H and O–H groups in total. The predicted octanol–water partition coefficient (Wildman–Crippen LogP) is 5.22. The molecule has 0 spiro atoms. The summed E-state index contributed by atoms with van der Waals surface area (Å²) >= 11 is 0. The number of aliphatic imine (C=N–C) groups is 1. The summed E-state index contributed by atoms with van der Waals surface area (Å²) in [6.07, 6.45) is 8.93. The molecule has 0 amide bonds. The molecule has 0 aromatic heterocycles. The molecule has 110 valence electrons. The molecule has 2 heteroatoms. The van der Waals surface area contributed by atoms with Crippen LogP contribution < -0.4 is 0 Å². The third-order valence-electron chi connectivity index (χ3n) is 3.91. The average molecular weight is 273 g/mol. The van der Waals surface area contributed by atoms with E-state index in [4.69, 9.17) is 9.73 Å². The quantitative estimate of drug-likeness (QED) is 0.595. The van der Waals surface area contributed by atoms with Crippen molar-refractivity contribution in [2.45, 2.75) is 64.8 Å². The first-order valence-corrected chi connectivity index (χ1v) is 8.05. The van der Waals surface area contributed by atoms with Gasteiger partial charge in [0.1, 0.15) is 12.6 Å². The summed E-state index contributed by atoms with van der Waals surface area (Å²) in [7, 11) is 0. The Bertz CT molecular complexity index is 422. The van der Waals surface area contributed by atoms with Gasteiger partial charge in [-0.1, -0.05) is 68.9 Å². The van der Waals surface area contributed by atoms with Crippen LogP contribution in [0, 0.1) is 6.92 Å². The van der Waals surface area contributed by atoms with Gasteiger partial charge in [0.15, 0.2) is 5.90 Å². The second-order valence-electron chi connectivity index (χ2n) is 5.78. The first-order chi connectivity index (χ1) is 9.79. The van der Waals surface area contributed by atoms with Crippen LogP contribution in [0.5, 0.6) is 0 Å². The number of hydrogen-bond donors (Lipinski definition) is 0. The third kappa shape index (κ3) is 4.66. The van der Waals surface area contributed by atoms with Gasteiger partial charge in [0.25, 0.3) is 0 Å². The smallest absolute Gasteiger partial charge is 0.184 e. The molecular formula is C18H27NO. The van der Waals surface area contributed by atoms with E-state index in [0.29, 0.717) is 6.61 Å². The molecule has 0 aliphatic carbocycles. The van der Waals surface area contributed by atoms with Gasteiger partial charge in [-0.05, 0) is 18.9 Å². The minimum atomic E-state index is 0.214. The predicted molar refractivity (Wildman–Crippen MR) is 85.3 cm³/mol. The molecule has 0 saturated carbocycles. The summed E-state index contributed by atoms with van der Waals surface area (Å²) in [4.78, 5) is 4.72. The highest BCUT2D eigenvalue weighted by Crippen LogP contribution is 2.24. The highest BCUT2D eigenvalue weighted by Gasteiger charge is 2.19. The fraction of sp³-hybridized carbons (Fsp3) is 0.611. The maximum absolute atomic E-state index is 5.73. The number of hydrogen-bond acceptors (Lipinski definition) is 2. The van der Waals surface area contributed by atoms with Crippen molar-refractivity contribution in [2.24, 2.45) is 4.99 Å². The first kappa shape index (κ1) is 15.1. The fourth-order valence-corrected chi connectivity index (χ4v) is 2.58. The van der Waals surface area contributed by atoms with Gasteiger partial charge >= 0.3 is 0 Å². The zero-order chi connectivity index (χ0) is 14.2. The Hall–Kier alpha value is -1.31. The minimum absolute atomic E-state index is 0.214. The molecule has 20 heavy (non-hydrogen) atoms. The normalized spacial score (nSPS) is 17.9. The number of rotatable bonds is 8. The lowest BCUT2D eigenvalue weighted by Gasteiger charge is -2.04. The molecule has 2 nitrogen and oxygen atoms in total. The van der Waals surface area contributed by atoms with E-state index in [2.05, 4.69) is 38.1 Å².